The van der Waals surface area contributed by atoms with E-state index in [1.807, 2.05) is 18.2 Å². The number of aromatic nitrogens is 2. The number of halogens is 5. The molecule has 0 spiro atoms. The molecule has 1 amide bonds. The number of piperazine rings is 1. The molecule has 6 nitrogen and oxygen atoms in total. The topological polar surface area (TPSA) is 52.5 Å². The summed E-state index contributed by atoms with van der Waals surface area (Å²) in [5.41, 5.74) is 0.505. The van der Waals surface area contributed by atoms with E-state index in [1.54, 1.807) is 42.3 Å². The fourth-order valence-corrected chi connectivity index (χ4v) is 4.73. The zero-order chi connectivity index (χ0) is 24.5. The van der Waals surface area contributed by atoms with Crippen molar-refractivity contribution in [2.24, 2.45) is 0 Å². The van der Waals surface area contributed by atoms with E-state index in [2.05, 4.69) is 25.9 Å². The van der Waals surface area contributed by atoms with Gasteiger partial charge in [0.25, 0.3) is 5.91 Å². The predicted molar refractivity (Wildman–Crippen MR) is 126 cm³/mol. The Balaban J connectivity index is 1.49. The molecular formula is C23H22BrClF3N4O2+. The Bertz CT molecular complexity index is 1180. The molecule has 2 heterocycles. The van der Waals surface area contributed by atoms with Crippen molar-refractivity contribution < 1.29 is 27.4 Å². The Labute approximate surface area is 208 Å². The number of hydrogen-bond donors (Lipinski definition) is 1. The molecule has 1 aliphatic rings. The smallest absolute Gasteiger partial charge is 0.481 e. The van der Waals surface area contributed by atoms with Crippen molar-refractivity contribution in [3.05, 3.63) is 63.7 Å². The van der Waals surface area contributed by atoms with Crippen LogP contribution in [0.5, 0.6) is 5.75 Å². The number of nitrogens with zero attached hydrogens (tertiary/aromatic N) is 3. The summed E-state index contributed by atoms with van der Waals surface area (Å²) in [5.74, 6) is 0.283. The van der Waals surface area contributed by atoms with Gasteiger partial charge in [0, 0.05) is 43.5 Å². The van der Waals surface area contributed by atoms with Gasteiger partial charge in [-0.05, 0) is 28.1 Å². The van der Waals surface area contributed by atoms with Crippen LogP contribution in [0.25, 0.3) is 11.3 Å². The molecule has 34 heavy (non-hydrogen) atoms. The Hall–Kier alpha value is -2.72. The molecule has 2 aromatic carbocycles. The molecule has 0 atom stereocenters. The Kier molecular flexibility index (Phi) is 7.09. The van der Waals surface area contributed by atoms with E-state index >= 15 is 0 Å². The molecule has 0 aliphatic carbocycles. The maximum atomic E-state index is 13.8. The fourth-order valence-electron chi connectivity index (χ4n) is 3.96. The number of H-pyrrole nitrogens is 1. The van der Waals surface area contributed by atoms with Gasteiger partial charge in [0.2, 0.25) is 6.54 Å². The number of rotatable bonds is 5. The first-order valence-corrected chi connectivity index (χ1v) is 11.7. The number of benzene rings is 2. The van der Waals surface area contributed by atoms with E-state index in [4.69, 9.17) is 16.3 Å². The third kappa shape index (κ3) is 5.02. The van der Waals surface area contributed by atoms with Crippen molar-refractivity contribution in [1.82, 2.24) is 10.00 Å². The number of methoxy groups -OCH3 is 1. The van der Waals surface area contributed by atoms with Crippen LogP contribution in [-0.2, 0) is 17.5 Å². The second-order valence-electron chi connectivity index (χ2n) is 7.79. The van der Waals surface area contributed by atoms with E-state index in [0.717, 1.165) is 14.8 Å². The van der Waals surface area contributed by atoms with Crippen molar-refractivity contribution in [2.45, 2.75) is 12.7 Å². The van der Waals surface area contributed by atoms with E-state index in [0.29, 0.717) is 37.5 Å². The summed E-state index contributed by atoms with van der Waals surface area (Å²) in [4.78, 5) is 16.6. The lowest BCUT2D eigenvalue weighted by Gasteiger charge is -2.35. The standard InChI is InChI=1S/C23H21BrClF3N4O2/c1-34-18-13-16(7-8-17(18)24)30-9-11-31(12-10-30)19(33)14-32-22(23(26,27)28)20(25)21(29-32)15-5-3-2-4-6-15/h2-8,13H,9-12,14H2,1H3/p+1. The summed E-state index contributed by atoms with van der Waals surface area (Å²) in [6.45, 7) is 1.38. The minimum absolute atomic E-state index is 0.122. The van der Waals surface area contributed by atoms with E-state index in [9.17, 15) is 18.0 Å². The van der Waals surface area contributed by atoms with E-state index in [-0.39, 0.29) is 5.69 Å². The maximum Gasteiger partial charge on any atom is 0.481 e. The predicted octanol–water partition coefficient (Wildman–Crippen LogP) is 4.76. The summed E-state index contributed by atoms with van der Waals surface area (Å²) < 4.78 is 48.3. The van der Waals surface area contributed by atoms with Gasteiger partial charge in [-0.2, -0.15) is 18.3 Å². The molecule has 1 aromatic heterocycles. The van der Waals surface area contributed by atoms with Gasteiger partial charge in [0.15, 0.2) is 0 Å². The number of anilines is 1. The minimum Gasteiger partial charge on any atom is -0.495 e. The molecule has 1 saturated heterocycles. The van der Waals surface area contributed by atoms with Gasteiger partial charge in [-0.1, -0.05) is 46.6 Å². The fraction of sp³-hybridized carbons (Fsp3) is 0.304. The second-order valence-corrected chi connectivity index (χ2v) is 9.02. The lowest BCUT2D eigenvalue weighted by atomic mass is 10.1. The first-order valence-electron chi connectivity index (χ1n) is 10.5. The van der Waals surface area contributed by atoms with Gasteiger partial charge >= 0.3 is 11.9 Å². The quantitative estimate of drug-likeness (QED) is 0.460. The highest BCUT2D eigenvalue weighted by Crippen LogP contribution is 2.37. The van der Waals surface area contributed by atoms with Gasteiger partial charge in [0.05, 0.1) is 11.6 Å². The molecule has 3 aromatic rings. The number of nitrogens with one attached hydrogen (secondary N) is 1. The molecule has 4 rings (SSSR count). The van der Waals surface area contributed by atoms with Crippen LogP contribution in [-0.4, -0.2) is 49.2 Å². The number of carbonyl (C=O) groups is 1. The molecule has 1 aliphatic heterocycles. The summed E-state index contributed by atoms with van der Waals surface area (Å²) in [6.07, 6.45) is -4.72. The summed E-state index contributed by atoms with van der Waals surface area (Å²) >= 11 is 9.55. The summed E-state index contributed by atoms with van der Waals surface area (Å²) in [7, 11) is 1.59. The molecule has 180 valence electrons. The highest BCUT2D eigenvalue weighted by Gasteiger charge is 2.48. The monoisotopic (exact) mass is 557 g/mol. The van der Waals surface area contributed by atoms with Crippen molar-refractivity contribution in [3.63, 3.8) is 0 Å². The van der Waals surface area contributed by atoms with Crippen molar-refractivity contribution in [2.75, 3.05) is 38.2 Å². The van der Waals surface area contributed by atoms with Crippen molar-refractivity contribution in [3.8, 4) is 17.0 Å². The van der Waals surface area contributed by atoms with Crippen LogP contribution in [0.4, 0.5) is 18.9 Å². The molecule has 1 fully saturated rings. The third-order valence-corrected chi connectivity index (χ3v) is 6.72. The normalized spacial score (nSPS) is 14.4. The summed E-state index contributed by atoms with van der Waals surface area (Å²) in [6, 6.07) is 14.2. The van der Waals surface area contributed by atoms with E-state index in [1.165, 1.54) is 0 Å². The number of hydrogen-bond acceptors (Lipinski definition) is 3. The van der Waals surface area contributed by atoms with Gasteiger partial charge in [-0.3, -0.25) is 4.79 Å². The third-order valence-electron chi connectivity index (χ3n) is 5.70. The van der Waals surface area contributed by atoms with Crippen LogP contribution in [0.2, 0.25) is 5.02 Å². The van der Waals surface area contributed by atoms with Crippen molar-refractivity contribution >= 4 is 39.1 Å². The molecule has 0 saturated carbocycles. The average Bonchev–Trinajstić information content (AvgIpc) is 3.16. The molecule has 11 heteroatoms. The number of carbonyl (C=O) groups excluding carboxylic acids is 1. The van der Waals surface area contributed by atoms with Crippen LogP contribution in [0.1, 0.15) is 5.69 Å². The van der Waals surface area contributed by atoms with Gasteiger partial charge in [-0.15, -0.1) is 0 Å². The Morgan fingerprint density at radius 1 is 1.15 bits per heavy atom. The summed E-state index contributed by atoms with van der Waals surface area (Å²) in [5, 5.41) is 2.23. The highest BCUT2D eigenvalue weighted by atomic mass is 79.9. The molecule has 1 N–H and O–H groups in total. The lowest BCUT2D eigenvalue weighted by Crippen LogP contribution is -2.54. The van der Waals surface area contributed by atoms with Crippen LogP contribution in [0.15, 0.2) is 53.0 Å². The zero-order valence-corrected chi connectivity index (χ0v) is 20.5. The first-order chi connectivity index (χ1) is 16.2. The van der Waals surface area contributed by atoms with Crippen LogP contribution in [0.3, 0.4) is 0 Å². The number of ether oxygens (including phenoxy) is 1. The van der Waals surface area contributed by atoms with Crippen LogP contribution in [0, 0.1) is 0 Å². The molecule has 0 bridgehead atoms. The molecule has 0 unspecified atom stereocenters. The Morgan fingerprint density at radius 2 is 1.82 bits per heavy atom. The molecule has 0 radical (unpaired) electrons. The maximum absolute atomic E-state index is 13.8. The van der Waals surface area contributed by atoms with Gasteiger partial charge < -0.3 is 14.5 Å². The van der Waals surface area contributed by atoms with Gasteiger partial charge in [0.1, 0.15) is 16.5 Å². The minimum atomic E-state index is -4.72. The van der Waals surface area contributed by atoms with E-state index < -0.39 is 29.3 Å². The van der Waals surface area contributed by atoms with Crippen LogP contribution >= 0.6 is 27.5 Å². The zero-order valence-electron chi connectivity index (χ0n) is 18.2. The van der Waals surface area contributed by atoms with Crippen LogP contribution < -0.4 is 14.3 Å². The second kappa shape index (κ2) is 9.87. The lowest BCUT2D eigenvalue weighted by molar-refractivity contribution is -0.754. The molecular weight excluding hydrogens is 537 g/mol. The first kappa shape index (κ1) is 24.4. The Morgan fingerprint density at radius 3 is 2.44 bits per heavy atom. The highest BCUT2D eigenvalue weighted by molar-refractivity contribution is 9.10. The average molecular weight is 559 g/mol. The van der Waals surface area contributed by atoms with Crippen molar-refractivity contribution in [1.29, 1.82) is 0 Å². The largest absolute Gasteiger partial charge is 0.495 e. The number of alkyl halides is 3. The van der Waals surface area contributed by atoms with Gasteiger partial charge in [-0.25, -0.2) is 0 Å². The number of amides is 1. The number of aromatic amines is 1. The SMILES string of the molecule is COc1cc(N2CCN(C(=O)C[n+]3[nH]c(-c4ccccc4)c(Cl)c3C(F)(F)F)CC2)ccc1Br.